The molecule has 2 aliphatic rings. The second-order valence-electron chi connectivity index (χ2n) is 10.2. The first-order valence-electron chi connectivity index (χ1n) is 12.8. The molecular formula is C28H23ClF3N5O4S. The number of nitrogens with one attached hydrogen (secondary N) is 2. The molecule has 1 aliphatic heterocycles. The number of rotatable bonds is 7. The quantitative estimate of drug-likeness (QED) is 0.405. The summed E-state index contributed by atoms with van der Waals surface area (Å²) in [5.74, 6) is -8.21. The first kappa shape index (κ1) is 29.3. The van der Waals surface area contributed by atoms with Crippen LogP contribution >= 0.6 is 11.6 Å². The van der Waals surface area contributed by atoms with E-state index in [4.69, 9.17) is 11.6 Å². The van der Waals surface area contributed by atoms with Crippen LogP contribution in [0.15, 0.2) is 66.9 Å². The fourth-order valence-electron chi connectivity index (χ4n) is 5.45. The number of carbonyl (C=O) groups is 2. The van der Waals surface area contributed by atoms with E-state index < -0.39 is 76.1 Å². The van der Waals surface area contributed by atoms with E-state index in [9.17, 15) is 36.4 Å². The van der Waals surface area contributed by atoms with E-state index in [-0.39, 0.29) is 27.7 Å². The third kappa shape index (κ3) is 5.39. The molecule has 42 heavy (non-hydrogen) atoms. The van der Waals surface area contributed by atoms with Gasteiger partial charge in [0.25, 0.3) is 11.8 Å². The Hall–Kier alpha value is -4.15. The van der Waals surface area contributed by atoms with Crippen molar-refractivity contribution in [3.8, 4) is 6.07 Å². The van der Waals surface area contributed by atoms with E-state index in [1.165, 1.54) is 42.6 Å². The lowest BCUT2D eigenvalue weighted by Gasteiger charge is -2.43. The molecule has 1 saturated heterocycles. The minimum Gasteiger partial charge on any atom is -0.352 e. The molecule has 5 rings (SSSR count). The molecule has 9 nitrogen and oxygen atoms in total. The molecule has 1 saturated carbocycles. The van der Waals surface area contributed by atoms with Gasteiger partial charge in [0.05, 0.1) is 23.3 Å². The molecule has 2 atom stereocenters. The predicted molar refractivity (Wildman–Crippen MR) is 148 cm³/mol. The molecule has 1 aliphatic carbocycles. The standard InChI is InChI=1S/C28H23ClF3N5O4S/c29-22-7-2-1-6-21(22)24(25(38)35-20-14-27(31,32)15-20)28(26(39)36-19-5-3-4-18(30)13-19)9-11-42(40,41)37(28)23-12-17(16-33)8-10-34-23/h1-8,10,12-13,20,24H,9,11,14-15H2,(H,35,38)(H,36,39)/t24-,28?/m0/s1. The van der Waals surface area contributed by atoms with Gasteiger partial charge in [0.1, 0.15) is 11.6 Å². The fourth-order valence-corrected chi connectivity index (χ4v) is 7.61. The number of pyridine rings is 1. The van der Waals surface area contributed by atoms with Gasteiger partial charge in [0.2, 0.25) is 15.9 Å². The lowest BCUT2D eigenvalue weighted by atomic mass is 9.74. The van der Waals surface area contributed by atoms with E-state index >= 15 is 0 Å². The molecule has 0 radical (unpaired) electrons. The Morgan fingerprint density at radius 2 is 1.86 bits per heavy atom. The second kappa shape index (κ2) is 10.9. The van der Waals surface area contributed by atoms with Crippen LogP contribution < -0.4 is 14.9 Å². The van der Waals surface area contributed by atoms with Gasteiger partial charge in [0, 0.05) is 35.8 Å². The zero-order valence-corrected chi connectivity index (χ0v) is 23.3. The molecule has 2 N–H and O–H groups in total. The Morgan fingerprint density at radius 3 is 2.52 bits per heavy atom. The highest BCUT2D eigenvalue weighted by atomic mass is 35.5. The van der Waals surface area contributed by atoms with Crippen LogP contribution in [0.5, 0.6) is 0 Å². The Balaban J connectivity index is 1.73. The Morgan fingerprint density at radius 1 is 1.12 bits per heavy atom. The van der Waals surface area contributed by atoms with Crippen LogP contribution in [0, 0.1) is 17.1 Å². The van der Waals surface area contributed by atoms with Gasteiger partial charge in [-0.05, 0) is 48.4 Å². The number of alkyl halides is 2. The van der Waals surface area contributed by atoms with Gasteiger partial charge in [-0.3, -0.25) is 9.59 Å². The molecule has 0 spiro atoms. The molecule has 1 unspecified atom stereocenters. The summed E-state index contributed by atoms with van der Waals surface area (Å²) in [5, 5.41) is 14.6. The van der Waals surface area contributed by atoms with Crippen molar-refractivity contribution in [2.75, 3.05) is 15.4 Å². The number of hydrogen-bond acceptors (Lipinski definition) is 6. The Kier molecular flexibility index (Phi) is 7.63. The first-order valence-corrected chi connectivity index (χ1v) is 14.7. The number of amides is 2. The van der Waals surface area contributed by atoms with Crippen molar-refractivity contribution in [3.05, 3.63) is 88.8 Å². The van der Waals surface area contributed by atoms with Crippen LogP contribution in [0.25, 0.3) is 0 Å². The highest BCUT2D eigenvalue weighted by molar-refractivity contribution is 7.93. The number of nitriles is 1. The number of carbonyl (C=O) groups excluding carboxylic acids is 2. The highest BCUT2D eigenvalue weighted by Crippen LogP contribution is 2.48. The van der Waals surface area contributed by atoms with Crippen LogP contribution in [0.2, 0.25) is 5.02 Å². The lowest BCUT2D eigenvalue weighted by molar-refractivity contribution is -0.135. The number of halogens is 4. The zero-order valence-electron chi connectivity index (χ0n) is 21.7. The van der Waals surface area contributed by atoms with E-state index in [0.29, 0.717) is 4.31 Å². The van der Waals surface area contributed by atoms with Crippen LogP contribution in [0.4, 0.5) is 24.7 Å². The molecule has 1 aromatic heterocycles. The third-order valence-electron chi connectivity index (χ3n) is 7.33. The third-order valence-corrected chi connectivity index (χ3v) is 9.47. The number of sulfonamides is 1. The van der Waals surface area contributed by atoms with Crippen molar-refractivity contribution in [2.45, 2.75) is 42.7 Å². The molecule has 3 aromatic rings. The normalized spacial score (nSPS) is 21.5. The van der Waals surface area contributed by atoms with Gasteiger partial charge in [-0.15, -0.1) is 0 Å². The maximum Gasteiger partial charge on any atom is 0.252 e. The summed E-state index contributed by atoms with van der Waals surface area (Å²) in [7, 11) is -4.37. The highest BCUT2D eigenvalue weighted by Gasteiger charge is 2.63. The van der Waals surface area contributed by atoms with E-state index in [1.54, 1.807) is 6.07 Å². The topological polar surface area (TPSA) is 132 Å². The summed E-state index contributed by atoms with van der Waals surface area (Å²) in [6, 6.07) is 14.2. The smallest absolute Gasteiger partial charge is 0.252 e. The molecule has 218 valence electrons. The first-order chi connectivity index (χ1) is 19.9. The monoisotopic (exact) mass is 617 g/mol. The van der Waals surface area contributed by atoms with Crippen molar-refractivity contribution < 1.29 is 31.2 Å². The van der Waals surface area contributed by atoms with E-state index in [0.717, 1.165) is 18.2 Å². The summed E-state index contributed by atoms with van der Waals surface area (Å²) in [4.78, 5) is 32.6. The summed E-state index contributed by atoms with van der Waals surface area (Å²) >= 11 is 6.52. The Bertz CT molecular complexity index is 1710. The number of nitrogens with zero attached hydrogens (tertiary/aromatic N) is 3. The van der Waals surface area contributed by atoms with Gasteiger partial charge >= 0.3 is 0 Å². The van der Waals surface area contributed by atoms with Crippen LogP contribution in [0.1, 0.15) is 36.3 Å². The van der Waals surface area contributed by atoms with Crippen LogP contribution in [0.3, 0.4) is 0 Å². The summed E-state index contributed by atoms with van der Waals surface area (Å²) < 4.78 is 69.5. The van der Waals surface area contributed by atoms with Crippen LogP contribution in [-0.2, 0) is 19.6 Å². The Labute approximate surface area is 244 Å². The molecule has 0 bridgehead atoms. The fraction of sp³-hybridized carbons (Fsp3) is 0.286. The van der Waals surface area contributed by atoms with Gasteiger partial charge in [-0.1, -0.05) is 35.9 Å². The van der Waals surface area contributed by atoms with Crippen LogP contribution in [-0.4, -0.2) is 48.5 Å². The summed E-state index contributed by atoms with van der Waals surface area (Å²) in [6.45, 7) is 0. The molecular weight excluding hydrogens is 595 g/mol. The predicted octanol–water partition coefficient (Wildman–Crippen LogP) is 4.36. The van der Waals surface area contributed by atoms with Crippen molar-refractivity contribution in [2.24, 2.45) is 0 Å². The van der Waals surface area contributed by atoms with Gasteiger partial charge in [-0.2, -0.15) is 5.26 Å². The molecule has 2 fully saturated rings. The minimum atomic E-state index is -4.37. The summed E-state index contributed by atoms with van der Waals surface area (Å²) in [5.41, 5.74) is -2.26. The molecule has 2 heterocycles. The van der Waals surface area contributed by atoms with Crippen molar-refractivity contribution in [1.82, 2.24) is 10.3 Å². The largest absolute Gasteiger partial charge is 0.352 e. The van der Waals surface area contributed by atoms with Crippen molar-refractivity contribution in [3.63, 3.8) is 0 Å². The second-order valence-corrected chi connectivity index (χ2v) is 12.5. The number of benzene rings is 2. The average molecular weight is 618 g/mol. The molecule has 14 heteroatoms. The minimum absolute atomic E-state index is 0.0116. The maximum absolute atomic E-state index is 14.4. The number of aromatic nitrogens is 1. The van der Waals surface area contributed by atoms with E-state index in [2.05, 4.69) is 15.6 Å². The number of hydrogen-bond donors (Lipinski definition) is 2. The van der Waals surface area contributed by atoms with Crippen molar-refractivity contribution in [1.29, 1.82) is 5.26 Å². The summed E-state index contributed by atoms with van der Waals surface area (Å²) in [6.07, 6.45) is -0.550. The van der Waals surface area contributed by atoms with Gasteiger partial charge in [-0.25, -0.2) is 30.9 Å². The molecule has 2 amide bonds. The van der Waals surface area contributed by atoms with Gasteiger partial charge in [0.15, 0.2) is 5.54 Å². The molecule has 2 aromatic carbocycles. The SMILES string of the molecule is N#Cc1ccnc(N2C(C(=O)Nc3cccc(F)c3)([C@H](C(=O)NC3CC(F)(F)C3)c3ccccc3Cl)CCS2(=O)=O)c1. The maximum atomic E-state index is 14.4. The van der Waals surface area contributed by atoms with Crippen molar-refractivity contribution >= 4 is 44.9 Å². The van der Waals surface area contributed by atoms with E-state index in [1.807, 2.05) is 6.07 Å². The average Bonchev–Trinajstić information content (AvgIpc) is 3.20. The lowest BCUT2D eigenvalue weighted by Crippen LogP contribution is -2.63. The van der Waals surface area contributed by atoms with Gasteiger partial charge < -0.3 is 10.6 Å². The zero-order chi connectivity index (χ0) is 30.3. The number of anilines is 2.